The molecule has 0 saturated carbocycles. The number of aryl methyl sites for hydroxylation is 1. The fourth-order valence-electron chi connectivity index (χ4n) is 3.78. The maximum atomic E-state index is 12.5. The number of amides is 1. The Labute approximate surface area is 173 Å². The third kappa shape index (κ3) is 3.22. The van der Waals surface area contributed by atoms with E-state index in [1.54, 1.807) is 45.2 Å². The molecule has 2 heterocycles. The van der Waals surface area contributed by atoms with Crippen molar-refractivity contribution >= 4 is 11.6 Å². The Morgan fingerprint density at radius 1 is 1.40 bits per heavy atom. The average Bonchev–Trinajstić information content (AvgIpc) is 2.74. The van der Waals surface area contributed by atoms with Crippen LogP contribution in [0.2, 0.25) is 0 Å². The molecule has 0 aliphatic carbocycles. The Morgan fingerprint density at radius 2 is 2.13 bits per heavy atom. The van der Waals surface area contributed by atoms with E-state index in [1.165, 1.54) is 7.11 Å². The fourth-order valence-corrected chi connectivity index (χ4v) is 3.78. The lowest BCUT2D eigenvalue weighted by Gasteiger charge is -2.35. The van der Waals surface area contributed by atoms with Crippen LogP contribution in [-0.2, 0) is 4.79 Å². The van der Waals surface area contributed by atoms with Crippen LogP contribution in [0.3, 0.4) is 0 Å². The van der Waals surface area contributed by atoms with Crippen molar-refractivity contribution in [2.75, 3.05) is 18.7 Å². The fraction of sp³-hybridized carbons (Fsp3) is 0.286. The summed E-state index contributed by atoms with van der Waals surface area (Å²) in [5, 5.41) is 13.5. The predicted molar refractivity (Wildman–Crippen MR) is 110 cm³/mol. The van der Waals surface area contributed by atoms with Gasteiger partial charge < -0.3 is 15.2 Å². The minimum Gasteiger partial charge on any atom is -0.496 e. The molecule has 0 fully saturated rings. The number of fused-ring (bicyclic) bond motifs is 1. The molecule has 1 aromatic heterocycles. The monoisotopic (exact) mass is 407 g/mol. The highest BCUT2D eigenvalue weighted by atomic mass is 16.5. The normalized spacial score (nSPS) is 15.3. The number of carbonyl (C=O) groups excluding carboxylic acids is 1. The maximum Gasteiger partial charge on any atom is 0.247 e. The molecule has 3 rings (SSSR count). The summed E-state index contributed by atoms with van der Waals surface area (Å²) in [6.07, 6.45) is 1.58. The first-order valence-corrected chi connectivity index (χ1v) is 9.23. The predicted octanol–water partition coefficient (Wildman–Crippen LogP) is 3.06. The van der Waals surface area contributed by atoms with Gasteiger partial charge in [-0.25, -0.2) is 9.99 Å². The summed E-state index contributed by atoms with van der Waals surface area (Å²) in [5.41, 5.74) is 8.84. The van der Waals surface area contributed by atoms with Crippen LogP contribution in [0.1, 0.15) is 42.0 Å². The van der Waals surface area contributed by atoms with E-state index in [0.717, 1.165) is 5.01 Å². The zero-order chi connectivity index (χ0) is 22.0. The molecule has 2 aromatic rings. The van der Waals surface area contributed by atoms with Crippen LogP contribution in [0.25, 0.3) is 0 Å². The van der Waals surface area contributed by atoms with Crippen LogP contribution >= 0.6 is 0 Å². The van der Waals surface area contributed by atoms with Gasteiger partial charge in [0.2, 0.25) is 11.8 Å². The van der Waals surface area contributed by atoms with Crippen molar-refractivity contribution < 1.29 is 14.3 Å². The highest BCUT2D eigenvalue weighted by Crippen LogP contribution is 2.51. The van der Waals surface area contributed by atoms with Crippen LogP contribution in [0.5, 0.6) is 11.6 Å². The summed E-state index contributed by atoms with van der Waals surface area (Å²) in [4.78, 5) is 28.6. The van der Waals surface area contributed by atoms with E-state index >= 15 is 0 Å². The number of pyridine rings is 1. The minimum atomic E-state index is -0.729. The van der Waals surface area contributed by atoms with Gasteiger partial charge in [0.05, 0.1) is 59.1 Å². The lowest BCUT2D eigenvalue weighted by Crippen LogP contribution is -2.33. The number of nitrogens with zero attached hydrogens (tertiary/aromatic N) is 4. The first-order valence-electron chi connectivity index (χ1n) is 9.23. The largest absolute Gasteiger partial charge is 0.496 e. The number of carbonyl (C=O) groups is 1. The number of anilines is 1. The maximum absolute atomic E-state index is 12.5. The van der Waals surface area contributed by atoms with Crippen molar-refractivity contribution in [2.24, 2.45) is 11.0 Å². The highest BCUT2D eigenvalue weighted by molar-refractivity contribution is 5.98. The van der Waals surface area contributed by atoms with Gasteiger partial charge in [-0.1, -0.05) is 6.07 Å². The van der Waals surface area contributed by atoms with Crippen LogP contribution in [0.15, 0.2) is 41.0 Å². The van der Waals surface area contributed by atoms with Gasteiger partial charge in [-0.2, -0.15) is 5.26 Å². The third-order valence-corrected chi connectivity index (χ3v) is 5.03. The van der Waals surface area contributed by atoms with Gasteiger partial charge in [-0.3, -0.25) is 4.79 Å². The molecule has 1 atom stereocenters. The number of rotatable bonds is 6. The summed E-state index contributed by atoms with van der Waals surface area (Å²) in [5.74, 6) is -0.790. The van der Waals surface area contributed by atoms with Gasteiger partial charge >= 0.3 is 0 Å². The van der Waals surface area contributed by atoms with Crippen molar-refractivity contribution in [3.05, 3.63) is 62.8 Å². The number of primary amides is 1. The minimum absolute atomic E-state index is 0.165. The van der Waals surface area contributed by atoms with E-state index in [0.29, 0.717) is 46.0 Å². The molecular weight excluding hydrogens is 386 g/mol. The molecule has 0 spiro atoms. The molecule has 154 valence electrons. The summed E-state index contributed by atoms with van der Waals surface area (Å²) in [7, 11) is 1.47. The van der Waals surface area contributed by atoms with E-state index in [1.807, 2.05) is 0 Å². The Bertz CT molecular complexity index is 1100. The molecule has 9 heteroatoms. The Balaban J connectivity index is 2.46. The topological polar surface area (TPSA) is 131 Å². The lowest BCUT2D eigenvalue weighted by atomic mass is 9.79. The highest BCUT2D eigenvalue weighted by Gasteiger charge is 2.40. The molecule has 1 aliphatic heterocycles. The number of benzene rings is 1. The third-order valence-electron chi connectivity index (χ3n) is 5.03. The molecule has 0 bridgehead atoms. The van der Waals surface area contributed by atoms with Crippen LogP contribution in [0.4, 0.5) is 5.69 Å². The smallest absolute Gasteiger partial charge is 0.247 e. The van der Waals surface area contributed by atoms with E-state index in [-0.39, 0.29) is 11.5 Å². The molecule has 1 amide bonds. The molecule has 30 heavy (non-hydrogen) atoms. The summed E-state index contributed by atoms with van der Waals surface area (Å²) in [6, 6.07) is 6.97. The van der Waals surface area contributed by atoms with Crippen molar-refractivity contribution in [2.45, 2.75) is 26.7 Å². The van der Waals surface area contributed by atoms with Crippen molar-refractivity contribution in [1.82, 2.24) is 4.98 Å². The quantitative estimate of drug-likeness (QED) is 0.728. The Hall–Kier alpha value is -3.93. The molecule has 1 aliphatic rings. The Kier molecular flexibility index (Phi) is 5.69. The van der Waals surface area contributed by atoms with Crippen molar-refractivity contribution in [3.8, 4) is 17.7 Å². The number of nitrogens with two attached hydrogens (primary N) is 1. The molecule has 1 aromatic carbocycles. The van der Waals surface area contributed by atoms with Crippen molar-refractivity contribution in [3.63, 3.8) is 0 Å². The molecule has 2 N–H and O–H groups in total. The second-order valence-corrected chi connectivity index (χ2v) is 6.70. The molecule has 0 unspecified atom stereocenters. The average molecular weight is 407 g/mol. The number of methoxy groups -OCH3 is 1. The summed E-state index contributed by atoms with van der Waals surface area (Å²) < 4.78 is 11.3. The SMILES string of the molecule is CCOc1ncc(C)c2c1[C@H](c1ccc(C#N)cc1OC)C(C(N)=O)=C(C)N2N=O. The van der Waals surface area contributed by atoms with Gasteiger partial charge in [-0.15, -0.1) is 4.91 Å². The first kappa shape index (κ1) is 20.8. The van der Waals surface area contributed by atoms with E-state index in [4.69, 9.17) is 15.2 Å². The van der Waals surface area contributed by atoms with E-state index < -0.39 is 11.8 Å². The number of nitriles is 1. The van der Waals surface area contributed by atoms with Gasteiger partial charge in [0, 0.05) is 11.8 Å². The standard InChI is InChI=1S/C21H21N5O4/c1-5-30-21-18-17(14-7-6-13(9-22)8-15(14)29-4)16(20(23)27)12(3)26(25-28)19(18)11(2)10-24-21/h6-8,10,17H,5H2,1-4H3,(H2,23,27)/t17-/m1/s1. The molecular formula is C21H21N5O4. The van der Waals surface area contributed by atoms with Crippen LogP contribution in [-0.4, -0.2) is 24.6 Å². The van der Waals surface area contributed by atoms with Gasteiger partial charge in [0.1, 0.15) is 5.75 Å². The zero-order valence-electron chi connectivity index (χ0n) is 17.1. The van der Waals surface area contributed by atoms with E-state index in [2.05, 4.69) is 16.3 Å². The summed E-state index contributed by atoms with van der Waals surface area (Å²) in [6.45, 7) is 5.52. The molecule has 0 saturated heterocycles. The van der Waals surface area contributed by atoms with E-state index in [9.17, 15) is 15.0 Å². The molecule has 0 radical (unpaired) electrons. The second kappa shape index (κ2) is 8.21. The molecule has 9 nitrogen and oxygen atoms in total. The number of allylic oxidation sites excluding steroid dienone is 1. The number of hydrogen-bond donors (Lipinski definition) is 1. The summed E-state index contributed by atoms with van der Waals surface area (Å²) >= 11 is 0. The van der Waals surface area contributed by atoms with Gasteiger partial charge in [-0.05, 0) is 38.5 Å². The second-order valence-electron chi connectivity index (χ2n) is 6.70. The number of hydrogen-bond acceptors (Lipinski definition) is 7. The van der Waals surface area contributed by atoms with Crippen LogP contribution in [0, 0.1) is 23.2 Å². The lowest BCUT2D eigenvalue weighted by molar-refractivity contribution is -0.114. The van der Waals surface area contributed by atoms with Gasteiger partial charge in [0.25, 0.3) is 0 Å². The van der Waals surface area contributed by atoms with Crippen LogP contribution < -0.4 is 20.2 Å². The zero-order valence-corrected chi connectivity index (χ0v) is 17.1. The first-order chi connectivity index (χ1) is 14.4. The van der Waals surface area contributed by atoms with Crippen molar-refractivity contribution in [1.29, 1.82) is 5.26 Å². The number of nitroso groups, excluding NO2 is 1. The number of ether oxygens (including phenoxy) is 2. The Morgan fingerprint density at radius 3 is 2.70 bits per heavy atom. The van der Waals surface area contributed by atoms with Gasteiger partial charge in [0.15, 0.2) is 0 Å². The number of aromatic nitrogens is 1.